The van der Waals surface area contributed by atoms with Crippen LogP contribution in [0, 0.1) is 12.8 Å². The molecule has 1 unspecified atom stereocenters. The second-order valence-corrected chi connectivity index (χ2v) is 10.5. The largest absolute Gasteiger partial charge is 0.326 e. The van der Waals surface area contributed by atoms with Crippen LogP contribution in [0.4, 0.5) is 5.69 Å². The first-order valence-electron chi connectivity index (χ1n) is 9.19. The van der Waals surface area contributed by atoms with Crippen molar-refractivity contribution in [1.82, 2.24) is 14.3 Å². The number of piperidine rings is 1. The van der Waals surface area contributed by atoms with Gasteiger partial charge in [0.05, 0.1) is 23.1 Å². The highest BCUT2D eigenvalue weighted by atomic mass is 32.2. The van der Waals surface area contributed by atoms with E-state index in [2.05, 4.69) is 15.3 Å². The highest BCUT2D eigenvalue weighted by molar-refractivity contribution is 7.91. The molecule has 10 heteroatoms. The van der Waals surface area contributed by atoms with Crippen molar-refractivity contribution in [2.45, 2.75) is 24.0 Å². The Morgan fingerprint density at radius 1 is 1.31 bits per heavy atom. The summed E-state index contributed by atoms with van der Waals surface area (Å²) in [5.41, 5.74) is 0.732. The zero-order valence-corrected chi connectivity index (χ0v) is 17.3. The van der Waals surface area contributed by atoms with Crippen LogP contribution in [0.15, 0.2) is 45.7 Å². The van der Waals surface area contributed by atoms with E-state index in [1.807, 2.05) is 6.92 Å². The van der Waals surface area contributed by atoms with E-state index >= 15 is 0 Å². The minimum Gasteiger partial charge on any atom is -0.326 e. The first-order valence-corrected chi connectivity index (χ1v) is 11.4. The molecule has 0 radical (unpaired) electrons. The molecule has 8 nitrogen and oxygen atoms in total. The monoisotopic (exact) mass is 432 g/mol. The maximum atomic E-state index is 12.9. The molecule has 1 aromatic carbocycles. The molecule has 1 aliphatic rings. The van der Waals surface area contributed by atoms with Crippen molar-refractivity contribution in [2.24, 2.45) is 5.92 Å². The van der Waals surface area contributed by atoms with Crippen LogP contribution < -0.4 is 10.9 Å². The molecule has 4 rings (SSSR count). The third-order valence-electron chi connectivity index (χ3n) is 4.97. The molecule has 29 heavy (non-hydrogen) atoms. The van der Waals surface area contributed by atoms with Crippen LogP contribution in [0.5, 0.6) is 0 Å². The molecule has 152 valence electrons. The summed E-state index contributed by atoms with van der Waals surface area (Å²) in [5, 5.41) is 3.19. The van der Waals surface area contributed by atoms with Crippen molar-refractivity contribution in [3.05, 3.63) is 51.9 Å². The number of aromatic nitrogens is 2. The van der Waals surface area contributed by atoms with Gasteiger partial charge in [0.2, 0.25) is 5.91 Å². The van der Waals surface area contributed by atoms with E-state index < -0.39 is 15.9 Å². The van der Waals surface area contributed by atoms with Crippen molar-refractivity contribution in [1.29, 1.82) is 0 Å². The molecular formula is C19H20N4O4S2. The summed E-state index contributed by atoms with van der Waals surface area (Å²) >= 11 is 1.23. The summed E-state index contributed by atoms with van der Waals surface area (Å²) in [6.45, 7) is 2.40. The summed E-state index contributed by atoms with van der Waals surface area (Å²) < 4.78 is 27.4. The Morgan fingerprint density at radius 3 is 2.90 bits per heavy atom. The van der Waals surface area contributed by atoms with Gasteiger partial charge in [-0.2, -0.15) is 4.31 Å². The van der Waals surface area contributed by atoms with Gasteiger partial charge in [-0.15, -0.1) is 11.3 Å². The number of amides is 1. The number of nitrogens with one attached hydrogen (secondary N) is 2. The van der Waals surface area contributed by atoms with E-state index in [4.69, 9.17) is 0 Å². The quantitative estimate of drug-likeness (QED) is 0.657. The number of sulfonamides is 1. The second kappa shape index (κ2) is 7.69. The lowest BCUT2D eigenvalue weighted by Gasteiger charge is -2.30. The minimum atomic E-state index is -3.60. The van der Waals surface area contributed by atoms with Gasteiger partial charge in [-0.05, 0) is 50.1 Å². The number of carbonyl (C=O) groups is 1. The molecule has 2 N–H and O–H groups in total. The van der Waals surface area contributed by atoms with E-state index in [9.17, 15) is 18.0 Å². The Labute approximate surface area is 171 Å². The number of fused-ring (bicyclic) bond motifs is 1. The van der Waals surface area contributed by atoms with Crippen molar-refractivity contribution < 1.29 is 13.2 Å². The molecule has 1 saturated heterocycles. The number of rotatable bonds is 4. The van der Waals surface area contributed by atoms with Gasteiger partial charge in [-0.1, -0.05) is 0 Å². The summed E-state index contributed by atoms with van der Waals surface area (Å²) in [6, 6.07) is 8.31. The molecule has 0 spiro atoms. The number of aromatic amines is 1. The Morgan fingerprint density at radius 2 is 2.14 bits per heavy atom. The fourth-order valence-electron chi connectivity index (χ4n) is 3.44. The van der Waals surface area contributed by atoms with Gasteiger partial charge < -0.3 is 10.3 Å². The maximum Gasteiger partial charge on any atom is 0.258 e. The van der Waals surface area contributed by atoms with Gasteiger partial charge in [-0.25, -0.2) is 13.4 Å². The zero-order valence-electron chi connectivity index (χ0n) is 15.7. The SMILES string of the molecule is Cc1ccc(S(=O)(=O)N2CCCC(C(=O)Nc3ccc4nc[nH]c(=O)c4c3)C2)s1. The molecule has 1 amide bonds. The fraction of sp³-hybridized carbons (Fsp3) is 0.316. The lowest BCUT2D eigenvalue weighted by Crippen LogP contribution is -2.43. The van der Waals surface area contributed by atoms with Crippen molar-refractivity contribution in [3.63, 3.8) is 0 Å². The molecule has 0 aliphatic carbocycles. The van der Waals surface area contributed by atoms with E-state index in [-0.39, 0.29) is 18.0 Å². The van der Waals surface area contributed by atoms with Gasteiger partial charge in [-0.3, -0.25) is 9.59 Å². The van der Waals surface area contributed by atoms with E-state index in [0.717, 1.165) is 4.88 Å². The Hall–Kier alpha value is -2.56. The minimum absolute atomic E-state index is 0.140. The van der Waals surface area contributed by atoms with Crippen LogP contribution in [0.25, 0.3) is 10.9 Å². The normalized spacial score (nSPS) is 18.0. The standard InChI is InChI=1S/C19H20N4O4S2/c1-12-4-7-17(28-12)29(26,27)23-8-2-3-13(10-23)18(24)22-14-5-6-16-15(9-14)19(25)21-11-20-16/h4-7,9,11,13H,2-3,8,10H2,1H3,(H,22,24)(H,20,21,25). The number of H-pyrrole nitrogens is 1. The number of benzene rings is 1. The molecule has 1 fully saturated rings. The summed E-state index contributed by atoms with van der Waals surface area (Å²) in [5.74, 6) is -0.714. The number of hydrogen-bond donors (Lipinski definition) is 2. The predicted octanol–water partition coefficient (Wildman–Crippen LogP) is 2.33. The highest BCUT2D eigenvalue weighted by Gasteiger charge is 2.34. The van der Waals surface area contributed by atoms with Crippen molar-refractivity contribution >= 4 is 43.9 Å². The predicted molar refractivity (Wildman–Crippen MR) is 112 cm³/mol. The van der Waals surface area contributed by atoms with E-state index in [1.165, 1.54) is 22.0 Å². The first-order chi connectivity index (χ1) is 13.8. The van der Waals surface area contributed by atoms with Crippen LogP contribution >= 0.6 is 11.3 Å². The Kier molecular flexibility index (Phi) is 5.24. The van der Waals surface area contributed by atoms with Gasteiger partial charge in [0, 0.05) is 23.7 Å². The maximum absolute atomic E-state index is 12.9. The summed E-state index contributed by atoms with van der Waals surface area (Å²) in [6.07, 6.45) is 2.55. The third kappa shape index (κ3) is 3.96. The average molecular weight is 433 g/mol. The first kappa shape index (κ1) is 19.7. The van der Waals surface area contributed by atoms with Crippen LogP contribution in [0.3, 0.4) is 0 Å². The Bertz CT molecular complexity index is 1230. The molecule has 1 atom stereocenters. The molecule has 1 aliphatic heterocycles. The van der Waals surface area contributed by atoms with Gasteiger partial charge in [0.25, 0.3) is 15.6 Å². The number of carbonyl (C=O) groups excluding carboxylic acids is 1. The Balaban J connectivity index is 1.50. The topological polar surface area (TPSA) is 112 Å². The van der Waals surface area contributed by atoms with Crippen LogP contribution in [0.1, 0.15) is 17.7 Å². The van der Waals surface area contributed by atoms with Crippen molar-refractivity contribution in [3.8, 4) is 0 Å². The molecule has 3 aromatic rings. The summed E-state index contributed by atoms with van der Waals surface area (Å²) in [4.78, 5) is 32.2. The second-order valence-electron chi connectivity index (χ2n) is 7.02. The van der Waals surface area contributed by atoms with E-state index in [1.54, 1.807) is 30.3 Å². The third-order valence-corrected chi connectivity index (χ3v) is 8.31. The molecular weight excluding hydrogens is 412 g/mol. The lowest BCUT2D eigenvalue weighted by atomic mass is 9.98. The smallest absolute Gasteiger partial charge is 0.258 e. The molecule has 0 saturated carbocycles. The number of aryl methyl sites for hydroxylation is 1. The highest BCUT2D eigenvalue weighted by Crippen LogP contribution is 2.28. The van der Waals surface area contributed by atoms with Gasteiger partial charge in [0.1, 0.15) is 4.21 Å². The number of nitrogens with zero attached hydrogens (tertiary/aromatic N) is 2. The molecule has 0 bridgehead atoms. The number of hydrogen-bond acceptors (Lipinski definition) is 6. The van der Waals surface area contributed by atoms with Crippen LogP contribution in [-0.4, -0.2) is 41.7 Å². The number of thiophene rings is 1. The van der Waals surface area contributed by atoms with E-state index in [0.29, 0.717) is 40.2 Å². The summed E-state index contributed by atoms with van der Waals surface area (Å²) in [7, 11) is -3.60. The van der Waals surface area contributed by atoms with Crippen LogP contribution in [-0.2, 0) is 14.8 Å². The van der Waals surface area contributed by atoms with Crippen molar-refractivity contribution in [2.75, 3.05) is 18.4 Å². The molecule has 3 heterocycles. The fourth-order valence-corrected chi connectivity index (χ4v) is 6.40. The lowest BCUT2D eigenvalue weighted by molar-refractivity contribution is -0.120. The molecule has 2 aromatic heterocycles. The van der Waals surface area contributed by atoms with Crippen LogP contribution in [0.2, 0.25) is 0 Å². The zero-order chi connectivity index (χ0) is 20.6. The number of anilines is 1. The van der Waals surface area contributed by atoms with Gasteiger partial charge >= 0.3 is 0 Å². The average Bonchev–Trinajstić information content (AvgIpc) is 3.16. The van der Waals surface area contributed by atoms with Gasteiger partial charge in [0.15, 0.2) is 0 Å².